The van der Waals surface area contributed by atoms with Crippen LogP contribution in [0.25, 0.3) is 0 Å². The van der Waals surface area contributed by atoms with Crippen molar-refractivity contribution in [3.05, 3.63) is 34.3 Å². The van der Waals surface area contributed by atoms with Crippen LogP contribution in [0.15, 0.2) is 28.7 Å². The van der Waals surface area contributed by atoms with E-state index in [0.717, 1.165) is 36.0 Å². The van der Waals surface area contributed by atoms with Gasteiger partial charge in [0.15, 0.2) is 0 Å². The summed E-state index contributed by atoms with van der Waals surface area (Å²) in [5, 5.41) is 3.37. The quantitative estimate of drug-likeness (QED) is 0.860. The van der Waals surface area contributed by atoms with E-state index in [1.54, 1.807) is 0 Å². The van der Waals surface area contributed by atoms with Crippen LogP contribution in [0.1, 0.15) is 24.4 Å². The molecule has 1 N–H and O–H groups in total. The van der Waals surface area contributed by atoms with E-state index in [9.17, 15) is 4.79 Å². The highest BCUT2D eigenvalue weighted by atomic mass is 79.9. The Hall–Kier alpha value is -0.870. The molecule has 0 spiro atoms. The first-order valence-electron chi connectivity index (χ1n) is 6.05. The summed E-state index contributed by atoms with van der Waals surface area (Å²) >= 11 is 3.41. The lowest BCUT2D eigenvalue weighted by Crippen LogP contribution is -2.53. The van der Waals surface area contributed by atoms with E-state index in [0.29, 0.717) is 6.04 Å². The van der Waals surface area contributed by atoms with Crippen molar-refractivity contribution in [2.45, 2.75) is 24.9 Å². The third-order valence-electron chi connectivity index (χ3n) is 3.67. The molecule has 2 saturated heterocycles. The molecule has 3 nitrogen and oxygen atoms in total. The van der Waals surface area contributed by atoms with Gasteiger partial charge in [0, 0.05) is 23.6 Å². The fraction of sp³-hybridized carbons (Fsp3) is 0.462. The number of hydrogen-bond donors (Lipinski definition) is 1. The van der Waals surface area contributed by atoms with Crippen molar-refractivity contribution in [1.82, 2.24) is 10.2 Å². The number of fused-ring (bicyclic) bond motifs is 1. The number of amides is 1. The number of carbonyl (C=O) groups excluding carboxylic acids is 1. The molecule has 0 aromatic heterocycles. The minimum absolute atomic E-state index is 0.155. The molecule has 0 saturated carbocycles. The Kier molecular flexibility index (Phi) is 2.92. The maximum atomic E-state index is 12.3. The van der Waals surface area contributed by atoms with E-state index in [1.807, 2.05) is 29.2 Å². The molecular formula is C13H15BrN2O. The molecule has 2 aliphatic heterocycles. The molecule has 2 atom stereocenters. The van der Waals surface area contributed by atoms with Crippen LogP contribution in [0.2, 0.25) is 0 Å². The molecule has 2 fully saturated rings. The van der Waals surface area contributed by atoms with Crippen LogP contribution in [0, 0.1) is 0 Å². The number of halogens is 1. The molecule has 2 unspecified atom stereocenters. The first-order valence-corrected chi connectivity index (χ1v) is 6.84. The average Bonchev–Trinajstić information content (AvgIpc) is 2.80. The molecule has 2 heterocycles. The average molecular weight is 295 g/mol. The molecule has 0 radical (unpaired) electrons. The number of nitrogens with one attached hydrogen (secondary N) is 1. The van der Waals surface area contributed by atoms with E-state index in [-0.39, 0.29) is 11.9 Å². The van der Waals surface area contributed by atoms with E-state index in [4.69, 9.17) is 0 Å². The van der Waals surface area contributed by atoms with Crippen molar-refractivity contribution in [1.29, 1.82) is 0 Å². The zero-order chi connectivity index (χ0) is 11.8. The van der Waals surface area contributed by atoms with Gasteiger partial charge in [0.1, 0.15) is 6.04 Å². The summed E-state index contributed by atoms with van der Waals surface area (Å²) in [5.41, 5.74) is 1.06. The van der Waals surface area contributed by atoms with Crippen LogP contribution in [-0.2, 0) is 4.79 Å². The SMILES string of the molecule is O=C1C(c2ccc(Br)cc2)NCC2CCCN12. The molecule has 3 rings (SSSR count). The summed E-state index contributed by atoms with van der Waals surface area (Å²) in [5.74, 6) is 0.237. The molecule has 2 aliphatic rings. The van der Waals surface area contributed by atoms with Crippen LogP contribution in [0.5, 0.6) is 0 Å². The van der Waals surface area contributed by atoms with Crippen molar-refractivity contribution in [3.63, 3.8) is 0 Å². The third-order valence-corrected chi connectivity index (χ3v) is 4.20. The lowest BCUT2D eigenvalue weighted by molar-refractivity contribution is -0.137. The van der Waals surface area contributed by atoms with Crippen molar-refractivity contribution < 1.29 is 4.79 Å². The maximum absolute atomic E-state index is 12.3. The summed E-state index contributed by atoms with van der Waals surface area (Å²) in [6.45, 7) is 1.85. The summed E-state index contributed by atoms with van der Waals surface area (Å²) < 4.78 is 1.04. The summed E-state index contributed by atoms with van der Waals surface area (Å²) in [7, 11) is 0. The first-order chi connectivity index (χ1) is 8.25. The summed E-state index contributed by atoms with van der Waals surface area (Å²) in [4.78, 5) is 14.4. The van der Waals surface area contributed by atoms with Gasteiger partial charge in [-0.05, 0) is 30.5 Å². The number of piperazine rings is 1. The van der Waals surface area contributed by atoms with E-state index < -0.39 is 0 Å². The van der Waals surface area contributed by atoms with Crippen molar-refractivity contribution in [2.75, 3.05) is 13.1 Å². The number of carbonyl (C=O) groups is 1. The van der Waals surface area contributed by atoms with Crippen LogP contribution >= 0.6 is 15.9 Å². The predicted octanol–water partition coefficient (Wildman–Crippen LogP) is 2.08. The second-order valence-corrected chi connectivity index (χ2v) is 5.64. The standard InChI is InChI=1S/C13H15BrN2O/c14-10-5-3-9(4-6-10)12-13(17)16-7-1-2-11(16)8-15-12/h3-6,11-12,15H,1-2,7-8H2. The zero-order valence-electron chi connectivity index (χ0n) is 9.53. The molecule has 4 heteroatoms. The smallest absolute Gasteiger partial charge is 0.244 e. The van der Waals surface area contributed by atoms with Crippen LogP contribution in [-0.4, -0.2) is 29.9 Å². The molecule has 1 aromatic rings. The van der Waals surface area contributed by atoms with Gasteiger partial charge in [-0.15, -0.1) is 0 Å². The molecule has 0 bridgehead atoms. The van der Waals surface area contributed by atoms with Gasteiger partial charge in [0.2, 0.25) is 5.91 Å². The Morgan fingerprint density at radius 1 is 1.29 bits per heavy atom. The topological polar surface area (TPSA) is 32.3 Å². The predicted molar refractivity (Wildman–Crippen MR) is 69.6 cm³/mol. The number of benzene rings is 1. The van der Waals surface area contributed by atoms with Crippen molar-refractivity contribution in [3.8, 4) is 0 Å². The van der Waals surface area contributed by atoms with Gasteiger partial charge in [-0.1, -0.05) is 28.1 Å². The highest BCUT2D eigenvalue weighted by Crippen LogP contribution is 2.27. The van der Waals surface area contributed by atoms with Crippen molar-refractivity contribution >= 4 is 21.8 Å². The Bertz CT molecular complexity index is 432. The number of rotatable bonds is 1. The van der Waals surface area contributed by atoms with Gasteiger partial charge in [-0.25, -0.2) is 0 Å². The van der Waals surface area contributed by atoms with Crippen LogP contribution < -0.4 is 5.32 Å². The highest BCUT2D eigenvalue weighted by Gasteiger charge is 2.38. The van der Waals surface area contributed by atoms with Gasteiger partial charge in [0.25, 0.3) is 0 Å². The fourth-order valence-electron chi connectivity index (χ4n) is 2.76. The molecule has 17 heavy (non-hydrogen) atoms. The molecular weight excluding hydrogens is 280 g/mol. The Morgan fingerprint density at radius 2 is 2.06 bits per heavy atom. The maximum Gasteiger partial charge on any atom is 0.244 e. The van der Waals surface area contributed by atoms with Crippen LogP contribution in [0.4, 0.5) is 0 Å². The van der Waals surface area contributed by atoms with Gasteiger partial charge in [0.05, 0.1) is 0 Å². The van der Waals surface area contributed by atoms with Crippen LogP contribution in [0.3, 0.4) is 0 Å². The monoisotopic (exact) mass is 294 g/mol. The first kappa shape index (κ1) is 11.2. The van der Waals surface area contributed by atoms with E-state index in [2.05, 4.69) is 21.2 Å². The molecule has 1 amide bonds. The van der Waals surface area contributed by atoms with E-state index in [1.165, 1.54) is 0 Å². The summed E-state index contributed by atoms with van der Waals surface area (Å²) in [6, 6.07) is 8.26. The fourth-order valence-corrected chi connectivity index (χ4v) is 3.03. The second kappa shape index (κ2) is 4.42. The molecule has 90 valence electrons. The minimum Gasteiger partial charge on any atom is -0.337 e. The van der Waals surface area contributed by atoms with Crippen molar-refractivity contribution in [2.24, 2.45) is 0 Å². The van der Waals surface area contributed by atoms with Gasteiger partial charge < -0.3 is 10.2 Å². The largest absolute Gasteiger partial charge is 0.337 e. The lowest BCUT2D eigenvalue weighted by Gasteiger charge is -2.35. The van der Waals surface area contributed by atoms with Gasteiger partial charge in [-0.3, -0.25) is 4.79 Å². The van der Waals surface area contributed by atoms with Gasteiger partial charge in [-0.2, -0.15) is 0 Å². The lowest BCUT2D eigenvalue weighted by atomic mass is 10.0. The summed E-state index contributed by atoms with van der Waals surface area (Å²) in [6.07, 6.45) is 2.29. The third kappa shape index (κ3) is 2.00. The van der Waals surface area contributed by atoms with Gasteiger partial charge >= 0.3 is 0 Å². The Balaban J connectivity index is 1.84. The number of hydrogen-bond acceptors (Lipinski definition) is 2. The Morgan fingerprint density at radius 3 is 2.82 bits per heavy atom. The molecule has 0 aliphatic carbocycles. The zero-order valence-corrected chi connectivity index (χ0v) is 11.1. The minimum atomic E-state index is -0.155. The second-order valence-electron chi connectivity index (χ2n) is 4.72. The highest BCUT2D eigenvalue weighted by molar-refractivity contribution is 9.10. The Labute approximate surface area is 109 Å². The number of nitrogens with zero attached hydrogens (tertiary/aromatic N) is 1. The molecule has 1 aromatic carbocycles. The van der Waals surface area contributed by atoms with E-state index >= 15 is 0 Å². The normalized spacial score (nSPS) is 28.3.